The van der Waals surface area contributed by atoms with Crippen molar-refractivity contribution in [2.45, 2.75) is 39.0 Å². The molecule has 18 heavy (non-hydrogen) atoms. The highest BCUT2D eigenvalue weighted by atomic mass is 32.1. The lowest BCUT2D eigenvalue weighted by molar-refractivity contribution is -0.115. The van der Waals surface area contributed by atoms with Crippen molar-refractivity contribution in [3.63, 3.8) is 0 Å². The van der Waals surface area contributed by atoms with Crippen LogP contribution < -0.4 is 10.6 Å². The Morgan fingerprint density at radius 3 is 2.67 bits per heavy atom. The fraction of sp³-hybridized carbons (Fsp3) is 0.538. The number of aryl methyl sites for hydroxylation is 1. The third kappa shape index (κ3) is 2.41. The van der Waals surface area contributed by atoms with E-state index in [4.69, 9.17) is 0 Å². The van der Waals surface area contributed by atoms with Crippen LogP contribution in [0.25, 0.3) is 0 Å². The normalized spacial score (nSPS) is 13.9. The second kappa shape index (κ2) is 5.52. The van der Waals surface area contributed by atoms with E-state index < -0.39 is 0 Å². The van der Waals surface area contributed by atoms with E-state index in [0.29, 0.717) is 17.0 Å². The highest BCUT2D eigenvalue weighted by Crippen LogP contribution is 2.38. The van der Waals surface area contributed by atoms with Crippen LogP contribution in [0.4, 0.5) is 5.00 Å². The van der Waals surface area contributed by atoms with Crippen LogP contribution in [-0.4, -0.2) is 18.9 Å². The largest absolute Gasteiger partial charge is 0.355 e. The molecule has 0 aromatic carbocycles. The van der Waals surface area contributed by atoms with E-state index in [9.17, 15) is 9.59 Å². The Balaban J connectivity index is 2.41. The Morgan fingerprint density at radius 1 is 1.28 bits per heavy atom. The molecule has 0 saturated heterocycles. The summed E-state index contributed by atoms with van der Waals surface area (Å²) in [7, 11) is 1.63. The molecular weight excluding hydrogens is 248 g/mol. The topological polar surface area (TPSA) is 58.2 Å². The second-order valence-corrected chi connectivity index (χ2v) is 5.50. The monoisotopic (exact) mass is 266 g/mol. The van der Waals surface area contributed by atoms with E-state index in [-0.39, 0.29) is 11.8 Å². The highest BCUT2D eigenvalue weighted by Gasteiger charge is 2.25. The van der Waals surface area contributed by atoms with E-state index in [2.05, 4.69) is 10.6 Å². The van der Waals surface area contributed by atoms with Crippen LogP contribution in [0, 0.1) is 0 Å². The van der Waals surface area contributed by atoms with Crippen LogP contribution in [0.1, 0.15) is 47.0 Å². The van der Waals surface area contributed by atoms with Gasteiger partial charge in [-0.3, -0.25) is 9.59 Å². The molecular formula is C13H18N2O2S. The Bertz CT molecular complexity index is 480. The number of thiophene rings is 1. The minimum absolute atomic E-state index is 0.0428. The van der Waals surface area contributed by atoms with Crippen molar-refractivity contribution < 1.29 is 9.59 Å². The molecule has 1 aliphatic carbocycles. The van der Waals surface area contributed by atoms with Gasteiger partial charge in [-0.25, -0.2) is 0 Å². The van der Waals surface area contributed by atoms with Gasteiger partial charge in [0.1, 0.15) is 5.00 Å². The van der Waals surface area contributed by atoms with Gasteiger partial charge in [0.2, 0.25) is 5.91 Å². The van der Waals surface area contributed by atoms with Crippen molar-refractivity contribution in [2.75, 3.05) is 12.4 Å². The number of carbonyl (C=O) groups is 2. The summed E-state index contributed by atoms with van der Waals surface area (Å²) in [4.78, 5) is 24.8. The maximum Gasteiger partial charge on any atom is 0.254 e. The number of anilines is 1. The van der Waals surface area contributed by atoms with Gasteiger partial charge in [-0.05, 0) is 31.2 Å². The van der Waals surface area contributed by atoms with Gasteiger partial charge in [0.25, 0.3) is 5.91 Å². The predicted octanol–water partition coefficient (Wildman–Crippen LogP) is 2.33. The van der Waals surface area contributed by atoms with Crippen LogP contribution >= 0.6 is 11.3 Å². The first-order valence-corrected chi connectivity index (χ1v) is 7.15. The van der Waals surface area contributed by atoms with Crippen molar-refractivity contribution >= 4 is 28.2 Å². The third-order valence-corrected chi connectivity index (χ3v) is 4.41. The smallest absolute Gasteiger partial charge is 0.254 e. The fourth-order valence-electron chi connectivity index (χ4n) is 2.23. The first kappa shape index (κ1) is 13.1. The zero-order chi connectivity index (χ0) is 13.1. The number of amides is 2. The Hall–Kier alpha value is -1.36. The van der Waals surface area contributed by atoms with Crippen molar-refractivity contribution in [1.82, 2.24) is 5.32 Å². The van der Waals surface area contributed by atoms with E-state index in [1.807, 2.05) is 6.92 Å². The Morgan fingerprint density at radius 2 is 2.00 bits per heavy atom. The lowest BCUT2D eigenvalue weighted by Gasteiger charge is -2.12. The van der Waals surface area contributed by atoms with Crippen molar-refractivity contribution in [2.24, 2.45) is 0 Å². The average Bonchev–Trinajstić information content (AvgIpc) is 2.75. The molecule has 0 aliphatic heterocycles. The molecule has 4 nitrogen and oxygen atoms in total. The van der Waals surface area contributed by atoms with Crippen LogP contribution in [0.15, 0.2) is 0 Å². The molecule has 2 N–H and O–H groups in total. The first-order chi connectivity index (χ1) is 8.67. The van der Waals surface area contributed by atoms with E-state index >= 15 is 0 Å². The van der Waals surface area contributed by atoms with Gasteiger partial charge < -0.3 is 10.6 Å². The zero-order valence-electron chi connectivity index (χ0n) is 10.8. The highest BCUT2D eigenvalue weighted by molar-refractivity contribution is 7.17. The van der Waals surface area contributed by atoms with Crippen LogP contribution in [0.3, 0.4) is 0 Å². The molecule has 1 aliphatic rings. The minimum atomic E-state index is -0.0965. The molecule has 0 spiro atoms. The zero-order valence-corrected chi connectivity index (χ0v) is 11.6. The van der Waals surface area contributed by atoms with Crippen molar-refractivity contribution in [1.29, 1.82) is 0 Å². The van der Waals surface area contributed by atoms with Crippen molar-refractivity contribution in [3.8, 4) is 0 Å². The third-order valence-electron chi connectivity index (χ3n) is 3.20. The summed E-state index contributed by atoms with van der Waals surface area (Å²) in [5.74, 6) is -0.139. The minimum Gasteiger partial charge on any atom is -0.355 e. The number of rotatable bonds is 3. The Kier molecular flexibility index (Phi) is 4.01. The summed E-state index contributed by atoms with van der Waals surface area (Å²) < 4.78 is 0. The molecule has 2 rings (SSSR count). The summed E-state index contributed by atoms with van der Waals surface area (Å²) in [6.07, 6.45) is 4.68. The van der Waals surface area contributed by atoms with Crippen molar-refractivity contribution in [3.05, 3.63) is 16.0 Å². The molecule has 0 atom stereocenters. The number of fused-ring (bicyclic) bond motifs is 1. The molecule has 0 radical (unpaired) electrons. The fourth-order valence-corrected chi connectivity index (χ4v) is 3.54. The van der Waals surface area contributed by atoms with E-state index in [1.165, 1.54) is 11.3 Å². The molecule has 1 aromatic heterocycles. The summed E-state index contributed by atoms with van der Waals surface area (Å²) in [6, 6.07) is 0. The van der Waals surface area contributed by atoms with Gasteiger partial charge in [-0.2, -0.15) is 0 Å². The van der Waals surface area contributed by atoms with Gasteiger partial charge in [0, 0.05) is 18.3 Å². The molecule has 98 valence electrons. The van der Waals surface area contributed by atoms with Gasteiger partial charge in [0.05, 0.1) is 5.56 Å². The van der Waals surface area contributed by atoms with Gasteiger partial charge in [-0.15, -0.1) is 11.3 Å². The average molecular weight is 266 g/mol. The molecule has 0 bridgehead atoms. The van der Waals surface area contributed by atoms with E-state index in [0.717, 1.165) is 24.8 Å². The van der Waals surface area contributed by atoms with Crippen LogP contribution in [0.5, 0.6) is 0 Å². The van der Waals surface area contributed by atoms with Gasteiger partial charge >= 0.3 is 0 Å². The molecule has 1 aromatic rings. The lowest BCUT2D eigenvalue weighted by atomic mass is 9.95. The molecule has 0 unspecified atom stereocenters. The SMILES string of the molecule is CCC(=O)Nc1sc2c(c1C(=O)NC)CCCC2. The lowest BCUT2D eigenvalue weighted by Crippen LogP contribution is -2.21. The summed E-state index contributed by atoms with van der Waals surface area (Å²) in [5.41, 5.74) is 1.82. The molecule has 1 heterocycles. The summed E-state index contributed by atoms with van der Waals surface area (Å²) in [6.45, 7) is 1.81. The molecule has 0 saturated carbocycles. The molecule has 0 fully saturated rings. The quantitative estimate of drug-likeness (QED) is 0.882. The molecule has 2 amide bonds. The van der Waals surface area contributed by atoms with E-state index in [1.54, 1.807) is 18.4 Å². The number of hydrogen-bond acceptors (Lipinski definition) is 3. The number of nitrogens with one attached hydrogen (secondary N) is 2. The summed E-state index contributed by atoms with van der Waals surface area (Å²) in [5, 5.41) is 6.23. The number of hydrogen-bond donors (Lipinski definition) is 2. The van der Waals surface area contributed by atoms with Gasteiger partial charge in [-0.1, -0.05) is 6.92 Å². The maximum absolute atomic E-state index is 12.0. The second-order valence-electron chi connectivity index (χ2n) is 4.40. The number of carbonyl (C=O) groups excluding carboxylic acids is 2. The van der Waals surface area contributed by atoms with Crippen LogP contribution in [-0.2, 0) is 17.6 Å². The van der Waals surface area contributed by atoms with Gasteiger partial charge in [0.15, 0.2) is 0 Å². The van der Waals surface area contributed by atoms with Crippen LogP contribution in [0.2, 0.25) is 0 Å². The maximum atomic E-state index is 12.0. The predicted molar refractivity (Wildman–Crippen MR) is 73.3 cm³/mol. The first-order valence-electron chi connectivity index (χ1n) is 6.33. The summed E-state index contributed by atoms with van der Waals surface area (Å²) >= 11 is 1.56. The standard InChI is InChI=1S/C13H18N2O2S/c1-3-10(16)15-13-11(12(17)14-2)8-6-4-5-7-9(8)18-13/h3-7H2,1-2H3,(H,14,17)(H,15,16). The molecule has 5 heteroatoms. The Labute approximate surface area is 111 Å².